The number of ether oxygens (including phenoxy) is 1. The lowest BCUT2D eigenvalue weighted by Gasteiger charge is -2.31. The lowest BCUT2D eigenvalue weighted by atomic mass is 10.2. The van der Waals surface area contributed by atoms with E-state index in [1.165, 1.54) is 0 Å². The SMILES string of the molecule is COC(=O)CN1C(=O)CC(=O)N(CC(=O)CO)C1=O. The molecule has 0 atom stereocenters. The molecule has 0 aromatic heterocycles. The number of esters is 1. The van der Waals surface area contributed by atoms with Gasteiger partial charge in [0, 0.05) is 0 Å². The van der Waals surface area contributed by atoms with E-state index in [0.717, 1.165) is 7.11 Å². The number of barbiturate groups is 1. The topological polar surface area (TPSA) is 121 Å². The third kappa shape index (κ3) is 3.35. The Morgan fingerprint density at radius 3 is 2.16 bits per heavy atom. The summed E-state index contributed by atoms with van der Waals surface area (Å²) in [5, 5.41) is 8.59. The van der Waals surface area contributed by atoms with Crippen LogP contribution in [-0.4, -0.2) is 71.3 Å². The Hall–Kier alpha value is -2.29. The monoisotopic (exact) mass is 272 g/mol. The fourth-order valence-corrected chi connectivity index (χ4v) is 1.41. The van der Waals surface area contributed by atoms with Crippen LogP contribution in [0.2, 0.25) is 0 Å². The highest BCUT2D eigenvalue weighted by atomic mass is 16.5. The first kappa shape index (κ1) is 14.8. The molecule has 0 unspecified atom stereocenters. The molecule has 0 radical (unpaired) electrons. The van der Waals surface area contributed by atoms with Crippen molar-refractivity contribution in [2.75, 3.05) is 26.8 Å². The summed E-state index contributed by atoms with van der Waals surface area (Å²) in [4.78, 5) is 57.9. The molecule has 1 rings (SSSR count). The lowest BCUT2D eigenvalue weighted by molar-refractivity contribution is -0.150. The van der Waals surface area contributed by atoms with Crippen molar-refractivity contribution in [3.05, 3.63) is 0 Å². The molecule has 0 aromatic carbocycles. The zero-order valence-electron chi connectivity index (χ0n) is 10.1. The van der Waals surface area contributed by atoms with Crippen molar-refractivity contribution < 1.29 is 33.8 Å². The van der Waals surface area contributed by atoms with Crippen LogP contribution in [0.4, 0.5) is 4.79 Å². The van der Waals surface area contributed by atoms with E-state index in [4.69, 9.17) is 5.11 Å². The molecule has 1 aliphatic heterocycles. The van der Waals surface area contributed by atoms with Gasteiger partial charge < -0.3 is 9.84 Å². The van der Waals surface area contributed by atoms with Crippen molar-refractivity contribution in [2.45, 2.75) is 6.42 Å². The Labute approximate surface area is 107 Å². The molecule has 4 amide bonds. The van der Waals surface area contributed by atoms with E-state index in [9.17, 15) is 24.0 Å². The van der Waals surface area contributed by atoms with E-state index in [1.807, 2.05) is 0 Å². The molecule has 0 spiro atoms. The molecule has 19 heavy (non-hydrogen) atoms. The maximum absolute atomic E-state index is 11.8. The number of urea groups is 1. The third-order valence-corrected chi connectivity index (χ3v) is 2.39. The number of hydrogen-bond acceptors (Lipinski definition) is 7. The number of Topliss-reactive ketones (excluding diaryl/α,β-unsaturated/α-hetero) is 1. The predicted octanol–water partition coefficient (Wildman–Crippen LogP) is -2.10. The molecular formula is C10H12N2O7. The van der Waals surface area contributed by atoms with Crippen molar-refractivity contribution >= 4 is 29.6 Å². The first-order valence-electron chi connectivity index (χ1n) is 5.24. The van der Waals surface area contributed by atoms with E-state index >= 15 is 0 Å². The van der Waals surface area contributed by atoms with Crippen molar-refractivity contribution in [1.82, 2.24) is 9.80 Å². The number of methoxy groups -OCH3 is 1. The zero-order chi connectivity index (χ0) is 14.6. The van der Waals surface area contributed by atoms with E-state index < -0.39 is 55.7 Å². The summed E-state index contributed by atoms with van der Waals surface area (Å²) in [6.07, 6.45) is -0.624. The molecule has 1 N–H and O–H groups in total. The number of aliphatic hydroxyl groups is 1. The second-order valence-electron chi connectivity index (χ2n) is 3.69. The van der Waals surface area contributed by atoms with Gasteiger partial charge in [-0.3, -0.25) is 29.0 Å². The van der Waals surface area contributed by atoms with Crippen LogP contribution in [0, 0.1) is 0 Å². The molecule has 9 heteroatoms. The Kier molecular flexibility index (Phi) is 4.70. The average Bonchev–Trinajstić information content (AvgIpc) is 2.38. The number of nitrogens with zero attached hydrogens (tertiary/aromatic N) is 2. The van der Waals surface area contributed by atoms with Gasteiger partial charge in [0.05, 0.1) is 13.7 Å². The van der Waals surface area contributed by atoms with Crippen LogP contribution in [0.5, 0.6) is 0 Å². The number of carbonyl (C=O) groups is 5. The van der Waals surface area contributed by atoms with Gasteiger partial charge in [0.1, 0.15) is 19.6 Å². The normalized spacial score (nSPS) is 15.8. The summed E-state index contributed by atoms with van der Waals surface area (Å²) in [6.45, 7) is -2.10. The molecule has 1 saturated heterocycles. The molecule has 1 heterocycles. The molecule has 104 valence electrons. The Morgan fingerprint density at radius 1 is 1.16 bits per heavy atom. The van der Waals surface area contributed by atoms with Gasteiger partial charge in [0.2, 0.25) is 11.8 Å². The van der Waals surface area contributed by atoms with Crippen LogP contribution in [0.3, 0.4) is 0 Å². The number of ketones is 1. The Morgan fingerprint density at radius 2 is 1.68 bits per heavy atom. The second-order valence-corrected chi connectivity index (χ2v) is 3.69. The number of aliphatic hydroxyl groups excluding tert-OH is 1. The smallest absolute Gasteiger partial charge is 0.334 e. The summed E-state index contributed by atoms with van der Waals surface area (Å²) < 4.78 is 4.32. The maximum atomic E-state index is 11.8. The van der Waals surface area contributed by atoms with Crippen LogP contribution < -0.4 is 0 Å². The van der Waals surface area contributed by atoms with Crippen molar-refractivity contribution in [2.24, 2.45) is 0 Å². The number of rotatable bonds is 5. The van der Waals surface area contributed by atoms with E-state index in [-0.39, 0.29) is 0 Å². The van der Waals surface area contributed by atoms with E-state index in [1.54, 1.807) is 0 Å². The number of amides is 4. The zero-order valence-corrected chi connectivity index (χ0v) is 10.1. The van der Waals surface area contributed by atoms with Crippen LogP contribution in [-0.2, 0) is 23.9 Å². The first-order chi connectivity index (χ1) is 8.90. The summed E-state index contributed by atoms with van der Waals surface area (Å²) in [5.41, 5.74) is 0. The summed E-state index contributed by atoms with van der Waals surface area (Å²) in [7, 11) is 1.08. The molecular weight excluding hydrogens is 260 g/mol. The second kappa shape index (κ2) is 6.05. The molecule has 1 fully saturated rings. The fourth-order valence-electron chi connectivity index (χ4n) is 1.41. The highest BCUT2D eigenvalue weighted by Crippen LogP contribution is 2.12. The molecule has 1 aliphatic rings. The minimum absolute atomic E-state index is 0.517. The average molecular weight is 272 g/mol. The first-order valence-corrected chi connectivity index (χ1v) is 5.24. The highest BCUT2D eigenvalue weighted by molar-refractivity contribution is 6.16. The van der Waals surface area contributed by atoms with Crippen molar-refractivity contribution in [3.8, 4) is 0 Å². The summed E-state index contributed by atoms with van der Waals surface area (Å²) in [6, 6.07) is -1.08. The van der Waals surface area contributed by atoms with E-state index in [0.29, 0.717) is 9.80 Å². The quantitative estimate of drug-likeness (QED) is 0.449. The van der Waals surface area contributed by atoms with Gasteiger partial charge in [-0.1, -0.05) is 0 Å². The molecule has 0 aromatic rings. The molecule has 0 saturated carbocycles. The van der Waals surface area contributed by atoms with Crippen LogP contribution in [0.25, 0.3) is 0 Å². The van der Waals surface area contributed by atoms with Gasteiger partial charge in [-0.25, -0.2) is 4.79 Å². The van der Waals surface area contributed by atoms with Gasteiger partial charge in [-0.2, -0.15) is 0 Å². The predicted molar refractivity (Wildman–Crippen MR) is 57.5 cm³/mol. The lowest BCUT2D eigenvalue weighted by Crippen LogP contribution is -2.57. The van der Waals surface area contributed by atoms with Crippen LogP contribution >= 0.6 is 0 Å². The molecule has 0 bridgehead atoms. The fraction of sp³-hybridized carbons (Fsp3) is 0.500. The summed E-state index contributed by atoms with van der Waals surface area (Å²) >= 11 is 0. The van der Waals surface area contributed by atoms with Gasteiger partial charge in [-0.05, 0) is 0 Å². The molecule has 9 nitrogen and oxygen atoms in total. The van der Waals surface area contributed by atoms with Crippen LogP contribution in [0.1, 0.15) is 6.42 Å². The molecule has 0 aliphatic carbocycles. The number of carbonyl (C=O) groups excluding carboxylic acids is 5. The van der Waals surface area contributed by atoms with Gasteiger partial charge >= 0.3 is 12.0 Å². The highest BCUT2D eigenvalue weighted by Gasteiger charge is 2.39. The van der Waals surface area contributed by atoms with Gasteiger partial charge in [0.15, 0.2) is 5.78 Å². The Bertz CT molecular complexity index is 407. The van der Waals surface area contributed by atoms with Crippen LogP contribution in [0.15, 0.2) is 0 Å². The number of hydrogen-bond donors (Lipinski definition) is 1. The minimum Gasteiger partial charge on any atom is -0.468 e. The third-order valence-electron chi connectivity index (χ3n) is 2.39. The Balaban J connectivity index is 2.86. The standard InChI is InChI=1S/C10H12N2O7/c1-19-9(17)4-12-8(16)2-7(15)11(10(12)18)3-6(14)5-13/h13H,2-5H2,1H3. The minimum atomic E-state index is -1.08. The largest absolute Gasteiger partial charge is 0.468 e. The summed E-state index contributed by atoms with van der Waals surface area (Å²) in [5.74, 6) is -3.27. The van der Waals surface area contributed by atoms with Gasteiger partial charge in [0.25, 0.3) is 0 Å². The van der Waals surface area contributed by atoms with Gasteiger partial charge in [-0.15, -0.1) is 0 Å². The van der Waals surface area contributed by atoms with Crippen molar-refractivity contribution in [1.29, 1.82) is 0 Å². The van der Waals surface area contributed by atoms with E-state index in [2.05, 4.69) is 4.74 Å². The number of imide groups is 2. The maximum Gasteiger partial charge on any atom is 0.334 e. The van der Waals surface area contributed by atoms with Crippen molar-refractivity contribution in [3.63, 3.8) is 0 Å².